The number of rotatable bonds is 8. The first-order valence-electron chi connectivity index (χ1n) is 10.9. The van der Waals surface area contributed by atoms with E-state index in [-0.39, 0.29) is 36.5 Å². The smallest absolute Gasteiger partial charge is 0.343 e. The SMILES string of the molecule is CCOC(=O)c1cnc(Nc2ccc3c(c2)C(C)(C)OC3=O)nc1NC(CO)c1ccccc1. The highest BCUT2D eigenvalue weighted by Gasteiger charge is 2.37. The van der Waals surface area contributed by atoms with Gasteiger partial charge in [-0.15, -0.1) is 0 Å². The van der Waals surface area contributed by atoms with E-state index in [9.17, 15) is 14.7 Å². The molecule has 0 radical (unpaired) electrons. The van der Waals surface area contributed by atoms with E-state index in [4.69, 9.17) is 9.47 Å². The molecule has 1 unspecified atom stereocenters. The van der Waals surface area contributed by atoms with Gasteiger partial charge in [0.05, 0.1) is 24.8 Å². The lowest BCUT2D eigenvalue weighted by Crippen LogP contribution is -2.19. The standard InChI is InChI=1S/C25H26N4O5/c1-4-33-22(31)18-13-26-24(29-21(18)28-20(14-30)15-8-6-5-7-9-15)27-16-10-11-17-19(12-16)25(2,3)34-23(17)32/h5-13,20,30H,4,14H2,1-3H3,(H2,26,27,28,29). The van der Waals surface area contributed by atoms with Gasteiger partial charge < -0.3 is 25.2 Å². The summed E-state index contributed by atoms with van der Waals surface area (Å²) in [4.78, 5) is 33.3. The monoisotopic (exact) mass is 462 g/mol. The van der Waals surface area contributed by atoms with E-state index in [1.54, 1.807) is 19.1 Å². The zero-order valence-corrected chi connectivity index (χ0v) is 19.2. The number of aliphatic hydroxyl groups is 1. The van der Waals surface area contributed by atoms with Gasteiger partial charge in [0.15, 0.2) is 0 Å². The van der Waals surface area contributed by atoms with Crippen LogP contribution in [0.5, 0.6) is 0 Å². The second kappa shape index (κ2) is 9.48. The van der Waals surface area contributed by atoms with Gasteiger partial charge in [-0.1, -0.05) is 30.3 Å². The number of nitrogens with zero attached hydrogens (tertiary/aromatic N) is 2. The van der Waals surface area contributed by atoms with E-state index >= 15 is 0 Å². The van der Waals surface area contributed by atoms with Gasteiger partial charge in [0, 0.05) is 17.4 Å². The third-order valence-corrected chi connectivity index (χ3v) is 5.47. The number of carbonyl (C=O) groups is 2. The number of anilines is 3. The first-order valence-corrected chi connectivity index (χ1v) is 10.9. The molecule has 3 aromatic rings. The Balaban J connectivity index is 1.66. The lowest BCUT2D eigenvalue weighted by Gasteiger charge is -2.20. The number of esters is 2. The van der Waals surface area contributed by atoms with Gasteiger partial charge in [-0.2, -0.15) is 4.98 Å². The number of hydrogen-bond acceptors (Lipinski definition) is 9. The van der Waals surface area contributed by atoms with Gasteiger partial charge in [0.25, 0.3) is 0 Å². The Hall–Kier alpha value is -3.98. The molecule has 0 aliphatic carbocycles. The number of aromatic nitrogens is 2. The van der Waals surface area contributed by atoms with Crippen LogP contribution in [0.15, 0.2) is 54.7 Å². The van der Waals surface area contributed by atoms with Crippen LogP contribution in [0.25, 0.3) is 0 Å². The van der Waals surface area contributed by atoms with Gasteiger partial charge in [-0.05, 0) is 44.5 Å². The van der Waals surface area contributed by atoms with Crippen LogP contribution in [0.3, 0.4) is 0 Å². The molecule has 1 aliphatic rings. The molecular formula is C25H26N4O5. The van der Waals surface area contributed by atoms with Gasteiger partial charge in [0.1, 0.15) is 17.0 Å². The molecule has 1 aliphatic heterocycles. The van der Waals surface area contributed by atoms with Crippen LogP contribution >= 0.6 is 0 Å². The molecule has 4 rings (SSSR count). The van der Waals surface area contributed by atoms with Gasteiger partial charge in [-0.25, -0.2) is 14.6 Å². The maximum atomic E-state index is 12.5. The van der Waals surface area contributed by atoms with Crippen molar-refractivity contribution in [2.24, 2.45) is 0 Å². The first kappa shape index (κ1) is 23.2. The number of aliphatic hydroxyl groups excluding tert-OH is 1. The van der Waals surface area contributed by atoms with Crippen LogP contribution < -0.4 is 10.6 Å². The van der Waals surface area contributed by atoms with Crippen molar-refractivity contribution in [3.63, 3.8) is 0 Å². The molecule has 34 heavy (non-hydrogen) atoms. The summed E-state index contributed by atoms with van der Waals surface area (Å²) in [5, 5.41) is 16.2. The summed E-state index contributed by atoms with van der Waals surface area (Å²) >= 11 is 0. The Morgan fingerprint density at radius 1 is 1.21 bits per heavy atom. The number of benzene rings is 2. The van der Waals surface area contributed by atoms with Crippen molar-refractivity contribution in [2.45, 2.75) is 32.4 Å². The van der Waals surface area contributed by atoms with Crippen LogP contribution in [0.1, 0.15) is 58.7 Å². The topological polar surface area (TPSA) is 123 Å². The summed E-state index contributed by atoms with van der Waals surface area (Å²) in [6.45, 7) is 5.35. The highest BCUT2D eigenvalue weighted by molar-refractivity contribution is 5.96. The minimum Gasteiger partial charge on any atom is -0.462 e. The molecule has 1 atom stereocenters. The molecular weight excluding hydrogens is 436 g/mol. The van der Waals surface area contributed by atoms with Crippen molar-refractivity contribution in [3.8, 4) is 0 Å². The summed E-state index contributed by atoms with van der Waals surface area (Å²) in [5.74, 6) is -0.484. The lowest BCUT2D eigenvalue weighted by atomic mass is 9.95. The van der Waals surface area contributed by atoms with Crippen molar-refractivity contribution in [1.82, 2.24) is 9.97 Å². The fraction of sp³-hybridized carbons (Fsp3) is 0.280. The summed E-state index contributed by atoms with van der Waals surface area (Å²) in [7, 11) is 0. The fourth-order valence-electron chi connectivity index (χ4n) is 3.76. The molecule has 176 valence electrons. The van der Waals surface area contributed by atoms with E-state index in [2.05, 4.69) is 20.6 Å². The highest BCUT2D eigenvalue weighted by atomic mass is 16.6. The number of cyclic esters (lactones) is 1. The summed E-state index contributed by atoms with van der Waals surface area (Å²) in [6.07, 6.45) is 1.37. The molecule has 3 N–H and O–H groups in total. The predicted octanol–water partition coefficient (Wildman–Crippen LogP) is 3.95. The molecule has 1 aromatic heterocycles. The number of fused-ring (bicyclic) bond motifs is 1. The van der Waals surface area contributed by atoms with Crippen molar-refractivity contribution in [1.29, 1.82) is 0 Å². The van der Waals surface area contributed by atoms with Crippen molar-refractivity contribution < 1.29 is 24.2 Å². The summed E-state index contributed by atoms with van der Waals surface area (Å²) in [6, 6.07) is 14.1. The number of nitrogens with one attached hydrogen (secondary N) is 2. The highest BCUT2D eigenvalue weighted by Crippen LogP contribution is 2.37. The number of hydrogen-bond donors (Lipinski definition) is 3. The third kappa shape index (κ3) is 4.69. The largest absolute Gasteiger partial charge is 0.462 e. The maximum Gasteiger partial charge on any atom is 0.343 e. The van der Waals surface area contributed by atoms with Crippen LogP contribution in [-0.4, -0.2) is 40.2 Å². The average molecular weight is 463 g/mol. The first-order chi connectivity index (χ1) is 16.3. The van der Waals surface area contributed by atoms with E-state index < -0.39 is 17.6 Å². The molecule has 0 fully saturated rings. The predicted molar refractivity (Wildman–Crippen MR) is 126 cm³/mol. The van der Waals surface area contributed by atoms with E-state index in [0.29, 0.717) is 11.3 Å². The van der Waals surface area contributed by atoms with Crippen molar-refractivity contribution in [2.75, 3.05) is 23.8 Å². The zero-order chi connectivity index (χ0) is 24.3. The molecule has 0 saturated carbocycles. The summed E-state index contributed by atoms with van der Waals surface area (Å²) < 4.78 is 10.6. The quantitative estimate of drug-likeness (QED) is 0.427. The minimum absolute atomic E-state index is 0.149. The molecule has 2 aromatic carbocycles. The molecule has 9 heteroatoms. The Morgan fingerprint density at radius 2 is 1.97 bits per heavy atom. The molecule has 0 bridgehead atoms. The number of carbonyl (C=O) groups excluding carboxylic acids is 2. The minimum atomic E-state index is -0.741. The van der Waals surface area contributed by atoms with E-state index in [1.807, 2.05) is 50.2 Å². The average Bonchev–Trinajstić information content (AvgIpc) is 3.06. The second-order valence-electron chi connectivity index (χ2n) is 8.25. The molecule has 0 spiro atoms. The molecule has 2 heterocycles. The molecule has 0 amide bonds. The Bertz CT molecular complexity index is 1210. The van der Waals surface area contributed by atoms with Gasteiger partial charge in [-0.3, -0.25) is 0 Å². The van der Waals surface area contributed by atoms with Crippen LogP contribution in [0, 0.1) is 0 Å². The van der Waals surface area contributed by atoms with Crippen LogP contribution in [0.2, 0.25) is 0 Å². The second-order valence-corrected chi connectivity index (χ2v) is 8.25. The number of ether oxygens (including phenoxy) is 2. The fourth-order valence-corrected chi connectivity index (χ4v) is 3.76. The van der Waals surface area contributed by atoms with E-state index in [0.717, 1.165) is 11.1 Å². The summed E-state index contributed by atoms with van der Waals surface area (Å²) in [5.41, 5.74) is 2.17. The molecule has 0 saturated heterocycles. The third-order valence-electron chi connectivity index (χ3n) is 5.47. The van der Waals surface area contributed by atoms with Gasteiger partial charge in [0.2, 0.25) is 5.95 Å². The van der Waals surface area contributed by atoms with E-state index in [1.165, 1.54) is 6.20 Å². The van der Waals surface area contributed by atoms with Crippen LogP contribution in [-0.2, 0) is 15.1 Å². The lowest BCUT2D eigenvalue weighted by molar-refractivity contribution is 0.00952. The Kier molecular flexibility index (Phi) is 6.47. The van der Waals surface area contributed by atoms with Crippen molar-refractivity contribution in [3.05, 3.63) is 77.0 Å². The normalized spacial score (nSPS) is 14.6. The maximum absolute atomic E-state index is 12.5. The zero-order valence-electron chi connectivity index (χ0n) is 19.2. The Labute approximate surface area is 197 Å². The molecule has 9 nitrogen and oxygen atoms in total. The van der Waals surface area contributed by atoms with Crippen LogP contribution in [0.4, 0.5) is 17.5 Å². The van der Waals surface area contributed by atoms with Gasteiger partial charge >= 0.3 is 11.9 Å². The Morgan fingerprint density at radius 3 is 2.68 bits per heavy atom. The van der Waals surface area contributed by atoms with Crippen molar-refractivity contribution >= 4 is 29.4 Å².